The summed E-state index contributed by atoms with van der Waals surface area (Å²) in [6.45, 7) is 0.386. The fraction of sp³-hybridized carbons (Fsp3) is 0.500. The third-order valence-electron chi connectivity index (χ3n) is 4.16. The van der Waals surface area contributed by atoms with Crippen molar-refractivity contribution >= 4 is 23.5 Å². The second kappa shape index (κ2) is 7.01. The number of carbonyl (C=O) groups is 2. The van der Waals surface area contributed by atoms with Gasteiger partial charge in [-0.25, -0.2) is 0 Å². The molecule has 1 aliphatic rings. The average molecular weight is 326 g/mol. The molecule has 0 unspecified atom stereocenters. The van der Waals surface area contributed by atoms with Crippen LogP contribution in [0.4, 0.5) is 0 Å². The summed E-state index contributed by atoms with van der Waals surface area (Å²) < 4.78 is 5.28. The van der Waals surface area contributed by atoms with Crippen LogP contribution in [0.3, 0.4) is 0 Å². The highest BCUT2D eigenvalue weighted by Gasteiger charge is 2.35. The molecule has 2 atom stereocenters. The van der Waals surface area contributed by atoms with Crippen LogP contribution < -0.4 is 4.74 Å². The summed E-state index contributed by atoms with van der Waals surface area (Å²) in [5.74, 6) is -0.765. The number of carboxylic acids is 1. The molecule has 0 bridgehead atoms. The normalized spacial score (nSPS) is 20.7. The standard InChI is InChI=1S/C16H20ClNO4/c1-18(9-12-8-13(17)5-6-14(12)22-2)15(19)10-3-4-11(7-10)16(20)21/h5-6,8,10-11H,3-4,7,9H2,1-2H3,(H,20,21)/t10-,11+/m1/s1. The number of methoxy groups -OCH3 is 1. The van der Waals surface area contributed by atoms with E-state index in [1.807, 2.05) is 0 Å². The topological polar surface area (TPSA) is 66.8 Å². The molecule has 0 saturated heterocycles. The highest BCUT2D eigenvalue weighted by Crippen LogP contribution is 2.33. The lowest BCUT2D eigenvalue weighted by atomic mass is 10.0. The molecule has 0 spiro atoms. The molecule has 6 heteroatoms. The number of carbonyl (C=O) groups excluding carboxylic acids is 1. The third-order valence-corrected chi connectivity index (χ3v) is 4.39. The summed E-state index contributed by atoms with van der Waals surface area (Å²) in [6, 6.07) is 5.28. The number of nitrogens with zero attached hydrogens (tertiary/aromatic N) is 1. The minimum Gasteiger partial charge on any atom is -0.496 e. The lowest BCUT2D eigenvalue weighted by Crippen LogP contribution is -2.31. The fourth-order valence-corrected chi connectivity index (χ4v) is 3.14. The highest BCUT2D eigenvalue weighted by molar-refractivity contribution is 6.30. The van der Waals surface area contributed by atoms with Gasteiger partial charge >= 0.3 is 5.97 Å². The largest absolute Gasteiger partial charge is 0.496 e. The quantitative estimate of drug-likeness (QED) is 0.904. The molecule has 1 amide bonds. The molecular formula is C16H20ClNO4. The maximum absolute atomic E-state index is 12.5. The second-order valence-electron chi connectivity index (χ2n) is 5.70. The second-order valence-corrected chi connectivity index (χ2v) is 6.13. The number of halogens is 1. The first-order chi connectivity index (χ1) is 10.4. The number of rotatable bonds is 5. The minimum absolute atomic E-state index is 0.0224. The van der Waals surface area contributed by atoms with E-state index < -0.39 is 11.9 Å². The molecule has 0 aliphatic heterocycles. The predicted octanol–water partition coefficient (Wildman–Crippen LogP) is 2.81. The van der Waals surface area contributed by atoms with Crippen LogP contribution >= 0.6 is 11.6 Å². The van der Waals surface area contributed by atoms with Crippen LogP contribution in [0.25, 0.3) is 0 Å². The Balaban J connectivity index is 2.03. The zero-order chi connectivity index (χ0) is 16.3. The number of benzene rings is 1. The van der Waals surface area contributed by atoms with Crippen molar-refractivity contribution in [3.63, 3.8) is 0 Å². The van der Waals surface area contributed by atoms with Crippen LogP contribution in [0.2, 0.25) is 5.02 Å². The number of hydrogen-bond donors (Lipinski definition) is 1. The highest BCUT2D eigenvalue weighted by atomic mass is 35.5. The molecular weight excluding hydrogens is 306 g/mol. The monoisotopic (exact) mass is 325 g/mol. The maximum Gasteiger partial charge on any atom is 0.306 e. The molecule has 1 fully saturated rings. The van der Waals surface area contributed by atoms with Crippen LogP contribution in [-0.2, 0) is 16.1 Å². The van der Waals surface area contributed by atoms with Gasteiger partial charge in [-0.3, -0.25) is 9.59 Å². The SMILES string of the molecule is COc1ccc(Cl)cc1CN(C)C(=O)[C@@H]1CC[C@H](C(=O)O)C1. The first-order valence-electron chi connectivity index (χ1n) is 7.22. The van der Waals surface area contributed by atoms with Crippen LogP contribution in [0.5, 0.6) is 5.75 Å². The van der Waals surface area contributed by atoms with E-state index >= 15 is 0 Å². The Labute approximate surface area is 134 Å². The molecule has 1 aromatic rings. The molecule has 1 N–H and O–H groups in total. The Kier molecular flexibility index (Phi) is 5.29. The molecule has 5 nitrogen and oxygen atoms in total. The van der Waals surface area contributed by atoms with E-state index in [4.69, 9.17) is 21.4 Å². The van der Waals surface area contributed by atoms with E-state index in [0.717, 1.165) is 5.56 Å². The number of ether oxygens (including phenoxy) is 1. The Hall–Kier alpha value is -1.75. The summed E-state index contributed by atoms with van der Waals surface area (Å²) in [5.41, 5.74) is 0.832. The van der Waals surface area contributed by atoms with Crippen LogP contribution in [0, 0.1) is 11.8 Å². The molecule has 0 heterocycles. The van der Waals surface area contributed by atoms with Gasteiger partial charge in [-0.05, 0) is 37.5 Å². The predicted molar refractivity (Wildman–Crippen MR) is 82.9 cm³/mol. The van der Waals surface area contributed by atoms with E-state index in [0.29, 0.717) is 36.6 Å². The lowest BCUT2D eigenvalue weighted by molar-refractivity contribution is -0.141. The molecule has 2 rings (SSSR count). The summed E-state index contributed by atoms with van der Waals surface area (Å²) in [6.07, 6.45) is 1.62. The number of aliphatic carboxylic acids is 1. The molecule has 22 heavy (non-hydrogen) atoms. The van der Waals surface area contributed by atoms with Gasteiger partial charge in [0.05, 0.1) is 13.0 Å². The van der Waals surface area contributed by atoms with Crippen LogP contribution in [0.15, 0.2) is 18.2 Å². The zero-order valence-corrected chi connectivity index (χ0v) is 13.5. The van der Waals surface area contributed by atoms with Gasteiger partial charge in [0.1, 0.15) is 5.75 Å². The van der Waals surface area contributed by atoms with Crippen molar-refractivity contribution in [3.8, 4) is 5.75 Å². The number of amides is 1. The Morgan fingerprint density at radius 3 is 2.64 bits per heavy atom. The van der Waals surface area contributed by atoms with Gasteiger partial charge in [0.2, 0.25) is 5.91 Å². The van der Waals surface area contributed by atoms with Crippen molar-refractivity contribution in [2.45, 2.75) is 25.8 Å². The Morgan fingerprint density at radius 1 is 1.36 bits per heavy atom. The molecule has 1 aromatic carbocycles. The van der Waals surface area contributed by atoms with Gasteiger partial charge in [-0.1, -0.05) is 11.6 Å². The van der Waals surface area contributed by atoms with Crippen LogP contribution in [-0.4, -0.2) is 36.0 Å². The first kappa shape index (κ1) is 16.6. The summed E-state index contributed by atoms with van der Waals surface area (Å²) in [4.78, 5) is 25.1. The van der Waals surface area contributed by atoms with Gasteiger partial charge in [0, 0.05) is 30.1 Å². The smallest absolute Gasteiger partial charge is 0.306 e. The summed E-state index contributed by atoms with van der Waals surface area (Å²) in [7, 11) is 3.29. The van der Waals surface area contributed by atoms with E-state index in [-0.39, 0.29) is 11.8 Å². The van der Waals surface area contributed by atoms with Gasteiger partial charge in [-0.2, -0.15) is 0 Å². The minimum atomic E-state index is -0.811. The number of carboxylic acid groups (broad SMARTS) is 1. The molecule has 0 radical (unpaired) electrons. The van der Waals surface area contributed by atoms with Crippen molar-refractivity contribution < 1.29 is 19.4 Å². The van der Waals surface area contributed by atoms with Crippen molar-refractivity contribution in [1.82, 2.24) is 4.90 Å². The van der Waals surface area contributed by atoms with Crippen LogP contribution in [0.1, 0.15) is 24.8 Å². The van der Waals surface area contributed by atoms with Gasteiger partial charge in [-0.15, -0.1) is 0 Å². The summed E-state index contributed by atoms with van der Waals surface area (Å²) in [5, 5.41) is 9.62. The van der Waals surface area contributed by atoms with E-state index in [2.05, 4.69) is 0 Å². The maximum atomic E-state index is 12.5. The third kappa shape index (κ3) is 3.71. The van der Waals surface area contributed by atoms with Gasteiger partial charge < -0.3 is 14.7 Å². The molecule has 0 aromatic heterocycles. The molecule has 1 aliphatic carbocycles. The number of hydrogen-bond acceptors (Lipinski definition) is 3. The van der Waals surface area contributed by atoms with Gasteiger partial charge in [0.15, 0.2) is 0 Å². The fourth-order valence-electron chi connectivity index (χ4n) is 2.95. The Morgan fingerprint density at radius 2 is 2.05 bits per heavy atom. The lowest BCUT2D eigenvalue weighted by Gasteiger charge is -2.22. The molecule has 120 valence electrons. The van der Waals surface area contributed by atoms with E-state index in [1.54, 1.807) is 37.3 Å². The van der Waals surface area contributed by atoms with E-state index in [1.165, 1.54) is 0 Å². The van der Waals surface area contributed by atoms with Gasteiger partial charge in [0.25, 0.3) is 0 Å². The first-order valence-corrected chi connectivity index (χ1v) is 7.60. The van der Waals surface area contributed by atoms with Crippen molar-refractivity contribution in [2.75, 3.05) is 14.2 Å². The van der Waals surface area contributed by atoms with E-state index in [9.17, 15) is 9.59 Å². The average Bonchev–Trinajstić information content (AvgIpc) is 2.96. The van der Waals surface area contributed by atoms with Crippen molar-refractivity contribution in [1.29, 1.82) is 0 Å². The van der Waals surface area contributed by atoms with Crippen molar-refractivity contribution in [3.05, 3.63) is 28.8 Å². The summed E-state index contributed by atoms with van der Waals surface area (Å²) >= 11 is 5.99. The molecule has 1 saturated carbocycles. The Bertz CT molecular complexity index is 575. The van der Waals surface area contributed by atoms with Crippen molar-refractivity contribution in [2.24, 2.45) is 11.8 Å². The zero-order valence-electron chi connectivity index (χ0n) is 12.7.